The number of aliphatic hydroxyl groups is 1. The number of rotatable bonds is 12. The van der Waals surface area contributed by atoms with Gasteiger partial charge in [-0.2, -0.15) is 0 Å². The maximum atomic E-state index is 10.2. The SMILES string of the molecule is C=C(CCCCCCCCCC)C(O)Cc1ccccc1. The molecule has 0 radical (unpaired) electrons. The van der Waals surface area contributed by atoms with Gasteiger partial charge < -0.3 is 5.11 Å². The molecule has 118 valence electrons. The van der Waals surface area contributed by atoms with E-state index in [1.807, 2.05) is 18.2 Å². The van der Waals surface area contributed by atoms with E-state index in [0.29, 0.717) is 6.42 Å². The lowest BCUT2D eigenvalue weighted by molar-refractivity contribution is 0.207. The molecule has 1 atom stereocenters. The minimum atomic E-state index is -0.392. The maximum absolute atomic E-state index is 10.2. The molecule has 0 spiro atoms. The smallest absolute Gasteiger partial charge is 0.0787 e. The van der Waals surface area contributed by atoms with Crippen molar-refractivity contribution in [3.8, 4) is 0 Å². The Balaban J connectivity index is 2.05. The van der Waals surface area contributed by atoms with E-state index in [4.69, 9.17) is 0 Å². The summed E-state index contributed by atoms with van der Waals surface area (Å²) in [6.45, 7) is 6.32. The van der Waals surface area contributed by atoms with Crippen molar-refractivity contribution in [3.63, 3.8) is 0 Å². The van der Waals surface area contributed by atoms with Gasteiger partial charge in [-0.25, -0.2) is 0 Å². The van der Waals surface area contributed by atoms with E-state index in [1.165, 1.54) is 56.9 Å². The number of hydrogen-bond donors (Lipinski definition) is 1. The van der Waals surface area contributed by atoms with Gasteiger partial charge in [-0.15, -0.1) is 0 Å². The molecule has 1 nitrogen and oxygen atoms in total. The minimum absolute atomic E-state index is 0.392. The number of hydrogen-bond acceptors (Lipinski definition) is 1. The van der Waals surface area contributed by atoms with Crippen LogP contribution in [0.4, 0.5) is 0 Å². The fourth-order valence-electron chi connectivity index (χ4n) is 2.63. The molecule has 0 aliphatic heterocycles. The summed E-state index contributed by atoms with van der Waals surface area (Å²) in [5.41, 5.74) is 2.17. The third kappa shape index (κ3) is 8.72. The second kappa shape index (κ2) is 11.6. The molecule has 0 saturated heterocycles. The Morgan fingerprint density at radius 1 is 0.952 bits per heavy atom. The molecule has 1 aromatic carbocycles. The average Bonchev–Trinajstić information content (AvgIpc) is 2.50. The van der Waals surface area contributed by atoms with Crippen molar-refractivity contribution in [2.75, 3.05) is 0 Å². The first-order chi connectivity index (χ1) is 10.2. The van der Waals surface area contributed by atoms with Crippen molar-refractivity contribution in [2.24, 2.45) is 0 Å². The third-order valence-electron chi connectivity index (χ3n) is 4.09. The van der Waals surface area contributed by atoms with E-state index in [-0.39, 0.29) is 0 Å². The Labute approximate surface area is 131 Å². The van der Waals surface area contributed by atoms with Gasteiger partial charge in [0, 0.05) is 6.42 Å². The van der Waals surface area contributed by atoms with Crippen LogP contribution in [0.3, 0.4) is 0 Å². The molecule has 1 rings (SSSR count). The van der Waals surface area contributed by atoms with Crippen LogP contribution in [0, 0.1) is 0 Å². The maximum Gasteiger partial charge on any atom is 0.0787 e. The molecular formula is C20H32O. The zero-order valence-electron chi connectivity index (χ0n) is 13.7. The normalized spacial score (nSPS) is 12.3. The summed E-state index contributed by atoms with van der Waals surface area (Å²) >= 11 is 0. The molecule has 0 aliphatic carbocycles. The van der Waals surface area contributed by atoms with E-state index in [2.05, 4.69) is 25.6 Å². The van der Waals surface area contributed by atoms with Crippen molar-refractivity contribution >= 4 is 0 Å². The van der Waals surface area contributed by atoms with Gasteiger partial charge in [-0.05, 0) is 24.0 Å². The molecule has 1 heteroatoms. The van der Waals surface area contributed by atoms with Crippen LogP contribution in [0.1, 0.15) is 70.3 Å². The molecule has 0 aliphatic rings. The summed E-state index contributed by atoms with van der Waals surface area (Å²) in [5.74, 6) is 0. The Morgan fingerprint density at radius 3 is 2.14 bits per heavy atom. The molecule has 1 aromatic rings. The quantitative estimate of drug-likeness (QED) is 0.387. The Hall–Kier alpha value is -1.08. The molecule has 1 unspecified atom stereocenters. The van der Waals surface area contributed by atoms with Crippen LogP contribution in [0.15, 0.2) is 42.5 Å². The highest BCUT2D eigenvalue weighted by molar-refractivity contribution is 5.18. The predicted octanol–water partition coefficient (Wildman–Crippen LogP) is 5.68. The highest BCUT2D eigenvalue weighted by Gasteiger charge is 2.09. The topological polar surface area (TPSA) is 20.2 Å². The second-order valence-electron chi connectivity index (χ2n) is 6.09. The summed E-state index contributed by atoms with van der Waals surface area (Å²) in [5, 5.41) is 10.2. The van der Waals surface area contributed by atoms with E-state index < -0.39 is 6.10 Å². The molecule has 0 heterocycles. The Morgan fingerprint density at radius 2 is 1.52 bits per heavy atom. The van der Waals surface area contributed by atoms with Gasteiger partial charge in [-0.1, -0.05) is 88.8 Å². The monoisotopic (exact) mass is 288 g/mol. The summed E-state index contributed by atoms with van der Waals surface area (Å²) < 4.78 is 0. The second-order valence-corrected chi connectivity index (χ2v) is 6.09. The van der Waals surface area contributed by atoms with Crippen LogP contribution < -0.4 is 0 Å². The van der Waals surface area contributed by atoms with E-state index in [0.717, 1.165) is 12.0 Å². The summed E-state index contributed by atoms with van der Waals surface area (Å²) in [7, 11) is 0. The highest BCUT2D eigenvalue weighted by Crippen LogP contribution is 2.16. The zero-order chi connectivity index (χ0) is 15.3. The Kier molecular flexibility index (Phi) is 9.90. The summed E-state index contributed by atoms with van der Waals surface area (Å²) in [6.07, 6.45) is 11.8. The van der Waals surface area contributed by atoms with E-state index >= 15 is 0 Å². The molecule has 0 bridgehead atoms. The van der Waals surface area contributed by atoms with Crippen LogP contribution in [0.2, 0.25) is 0 Å². The molecule has 0 aromatic heterocycles. The van der Waals surface area contributed by atoms with Gasteiger partial charge in [-0.3, -0.25) is 0 Å². The van der Waals surface area contributed by atoms with Gasteiger partial charge in [0.1, 0.15) is 0 Å². The van der Waals surface area contributed by atoms with Crippen LogP contribution in [-0.4, -0.2) is 11.2 Å². The number of aliphatic hydroxyl groups excluding tert-OH is 1. The van der Waals surface area contributed by atoms with Crippen molar-refractivity contribution < 1.29 is 5.11 Å². The summed E-state index contributed by atoms with van der Waals surface area (Å²) in [6, 6.07) is 10.2. The lowest BCUT2D eigenvalue weighted by Gasteiger charge is -2.14. The fourth-order valence-corrected chi connectivity index (χ4v) is 2.63. The molecule has 1 N–H and O–H groups in total. The van der Waals surface area contributed by atoms with Crippen LogP contribution in [0.25, 0.3) is 0 Å². The standard InChI is InChI=1S/C20H32O/c1-3-4-5-6-7-8-9-11-14-18(2)20(21)17-19-15-12-10-13-16-19/h10,12-13,15-16,20-21H,2-9,11,14,17H2,1H3. The van der Waals surface area contributed by atoms with Gasteiger partial charge in [0.2, 0.25) is 0 Å². The van der Waals surface area contributed by atoms with Crippen LogP contribution in [-0.2, 0) is 6.42 Å². The lowest BCUT2D eigenvalue weighted by Crippen LogP contribution is -2.13. The van der Waals surface area contributed by atoms with E-state index in [1.54, 1.807) is 0 Å². The average molecular weight is 288 g/mol. The van der Waals surface area contributed by atoms with Crippen molar-refractivity contribution in [1.82, 2.24) is 0 Å². The largest absolute Gasteiger partial charge is 0.388 e. The van der Waals surface area contributed by atoms with Gasteiger partial charge in [0.05, 0.1) is 6.10 Å². The molecule has 0 saturated carbocycles. The molecule has 0 amide bonds. The van der Waals surface area contributed by atoms with Crippen molar-refractivity contribution in [1.29, 1.82) is 0 Å². The van der Waals surface area contributed by atoms with Crippen LogP contribution in [0.5, 0.6) is 0 Å². The number of unbranched alkanes of at least 4 members (excludes halogenated alkanes) is 7. The van der Waals surface area contributed by atoms with E-state index in [9.17, 15) is 5.11 Å². The van der Waals surface area contributed by atoms with Crippen molar-refractivity contribution in [3.05, 3.63) is 48.0 Å². The molecular weight excluding hydrogens is 256 g/mol. The van der Waals surface area contributed by atoms with Crippen molar-refractivity contribution in [2.45, 2.75) is 77.2 Å². The van der Waals surface area contributed by atoms with Gasteiger partial charge in [0.25, 0.3) is 0 Å². The molecule has 0 fully saturated rings. The number of benzene rings is 1. The Bertz CT molecular complexity index is 369. The fraction of sp³-hybridized carbons (Fsp3) is 0.600. The zero-order valence-corrected chi connectivity index (χ0v) is 13.7. The third-order valence-corrected chi connectivity index (χ3v) is 4.09. The summed E-state index contributed by atoms with van der Waals surface area (Å²) in [4.78, 5) is 0. The lowest BCUT2D eigenvalue weighted by atomic mass is 9.98. The first-order valence-electron chi connectivity index (χ1n) is 8.63. The first kappa shape index (κ1) is 18.0. The first-order valence-corrected chi connectivity index (χ1v) is 8.63. The predicted molar refractivity (Wildman–Crippen MR) is 92.5 cm³/mol. The minimum Gasteiger partial charge on any atom is -0.388 e. The molecule has 21 heavy (non-hydrogen) atoms. The highest BCUT2D eigenvalue weighted by atomic mass is 16.3. The van der Waals surface area contributed by atoms with Gasteiger partial charge in [0.15, 0.2) is 0 Å². The van der Waals surface area contributed by atoms with Crippen LogP contribution >= 0.6 is 0 Å². The van der Waals surface area contributed by atoms with Gasteiger partial charge >= 0.3 is 0 Å².